The Morgan fingerprint density at radius 3 is 2.53 bits per heavy atom. The van der Waals surface area contributed by atoms with Crippen molar-refractivity contribution in [2.24, 2.45) is 0 Å². The first kappa shape index (κ1) is 14.0. The lowest BCUT2D eigenvalue weighted by molar-refractivity contribution is 0.470. The highest BCUT2D eigenvalue weighted by Gasteiger charge is 2.06. The Kier molecular flexibility index (Phi) is 4.96. The van der Waals surface area contributed by atoms with Crippen LogP contribution in [-0.4, -0.2) is 11.3 Å². The highest BCUT2D eigenvalue weighted by Crippen LogP contribution is 2.27. The van der Waals surface area contributed by atoms with E-state index < -0.39 is 0 Å². The van der Waals surface area contributed by atoms with E-state index in [1.54, 1.807) is 0 Å². The molecule has 0 bridgehead atoms. The summed E-state index contributed by atoms with van der Waals surface area (Å²) in [5.74, 6) is 0.384. The van der Waals surface area contributed by atoms with Gasteiger partial charge in [0.25, 0.3) is 0 Å². The Balaban J connectivity index is 3.16. The molecule has 92 valence electrons. The number of phenolic OH excluding ortho intramolecular Hbond substituents is 1. The summed E-state index contributed by atoms with van der Waals surface area (Å²) in [6.45, 7) is 8.13. The molecule has 0 heterocycles. The molecule has 0 amide bonds. The van der Waals surface area contributed by atoms with Crippen LogP contribution >= 0.6 is 9.24 Å². The van der Waals surface area contributed by atoms with Gasteiger partial charge in [0.15, 0.2) is 0 Å². The second-order valence-electron chi connectivity index (χ2n) is 4.39. The van der Waals surface area contributed by atoms with Crippen molar-refractivity contribution in [3.63, 3.8) is 0 Å². The molecule has 2 heteroatoms. The minimum atomic E-state index is 0.384. The number of phenols is 1. The molecule has 1 nitrogen and oxygen atoms in total. The fourth-order valence-electron chi connectivity index (χ4n) is 1.81. The van der Waals surface area contributed by atoms with Crippen molar-refractivity contribution >= 4 is 15.3 Å². The topological polar surface area (TPSA) is 20.2 Å². The smallest absolute Gasteiger partial charge is 0.119 e. The molecule has 1 unspecified atom stereocenters. The van der Waals surface area contributed by atoms with E-state index >= 15 is 0 Å². The monoisotopic (exact) mass is 248 g/mol. The molecule has 0 aromatic heterocycles. The molecule has 1 aromatic carbocycles. The van der Waals surface area contributed by atoms with E-state index in [2.05, 4.69) is 41.3 Å². The number of rotatable bonds is 3. The van der Waals surface area contributed by atoms with E-state index in [4.69, 9.17) is 0 Å². The lowest BCUT2D eigenvalue weighted by Crippen LogP contribution is -1.91. The van der Waals surface area contributed by atoms with Crippen molar-refractivity contribution in [2.45, 2.75) is 27.7 Å². The van der Waals surface area contributed by atoms with E-state index in [-0.39, 0.29) is 0 Å². The van der Waals surface area contributed by atoms with Gasteiger partial charge in [0.2, 0.25) is 0 Å². The quantitative estimate of drug-likeness (QED) is 0.629. The summed E-state index contributed by atoms with van der Waals surface area (Å²) in [5, 5.41) is 9.73. The molecule has 0 aliphatic carbocycles. The van der Waals surface area contributed by atoms with Crippen LogP contribution in [0, 0.1) is 20.8 Å². The minimum Gasteiger partial charge on any atom is -0.508 e. The van der Waals surface area contributed by atoms with E-state index in [0.717, 1.165) is 22.9 Å². The van der Waals surface area contributed by atoms with Crippen molar-refractivity contribution in [2.75, 3.05) is 6.16 Å². The van der Waals surface area contributed by atoms with Crippen molar-refractivity contribution in [3.8, 4) is 5.75 Å². The standard InChI is InChI=1S/C15H21OP/c1-10(7-8-17)5-6-14-11(2)9-15(16)13(4)12(14)3/h5-7,9,16H,8,17H2,1-4H3/b6-5+,10-7+. The van der Waals surface area contributed by atoms with Gasteiger partial charge in [0.1, 0.15) is 5.75 Å². The molecule has 0 fully saturated rings. The van der Waals surface area contributed by atoms with Gasteiger partial charge in [-0.3, -0.25) is 0 Å². The van der Waals surface area contributed by atoms with Crippen LogP contribution in [0.2, 0.25) is 0 Å². The third kappa shape index (κ3) is 3.44. The number of benzene rings is 1. The van der Waals surface area contributed by atoms with E-state index in [9.17, 15) is 5.11 Å². The zero-order valence-corrected chi connectivity index (χ0v) is 12.2. The first-order valence-electron chi connectivity index (χ1n) is 5.82. The number of aryl methyl sites for hydroxylation is 1. The van der Waals surface area contributed by atoms with Crippen LogP contribution in [0.3, 0.4) is 0 Å². The molecule has 1 aromatic rings. The Labute approximate surface area is 106 Å². The van der Waals surface area contributed by atoms with Crippen LogP contribution in [0.4, 0.5) is 0 Å². The number of aromatic hydroxyl groups is 1. The number of hydrogen-bond acceptors (Lipinski definition) is 1. The van der Waals surface area contributed by atoms with Crippen molar-refractivity contribution in [3.05, 3.63) is 46.0 Å². The van der Waals surface area contributed by atoms with Crippen molar-refractivity contribution in [1.29, 1.82) is 0 Å². The molecular weight excluding hydrogens is 227 g/mol. The lowest BCUT2D eigenvalue weighted by atomic mass is 9.96. The maximum absolute atomic E-state index is 9.73. The van der Waals surface area contributed by atoms with Gasteiger partial charge in [0, 0.05) is 0 Å². The minimum absolute atomic E-state index is 0.384. The van der Waals surface area contributed by atoms with Crippen molar-refractivity contribution in [1.82, 2.24) is 0 Å². The summed E-state index contributed by atoms with van der Waals surface area (Å²) in [7, 11) is 2.69. The molecule has 0 aliphatic rings. The van der Waals surface area contributed by atoms with Gasteiger partial charge in [-0.25, -0.2) is 0 Å². The maximum atomic E-state index is 9.73. The number of allylic oxidation sites excluding steroid dienone is 3. The summed E-state index contributed by atoms with van der Waals surface area (Å²) in [5.41, 5.74) is 5.68. The predicted molar refractivity (Wildman–Crippen MR) is 79.7 cm³/mol. The largest absolute Gasteiger partial charge is 0.508 e. The van der Waals surface area contributed by atoms with Crippen LogP contribution < -0.4 is 0 Å². The Hall–Kier alpha value is -1.07. The maximum Gasteiger partial charge on any atom is 0.119 e. The Morgan fingerprint density at radius 1 is 1.29 bits per heavy atom. The predicted octanol–water partition coefficient (Wildman–Crippen LogP) is 4.15. The van der Waals surface area contributed by atoms with Gasteiger partial charge in [-0.15, -0.1) is 9.24 Å². The zero-order chi connectivity index (χ0) is 13.0. The average molecular weight is 248 g/mol. The van der Waals surface area contributed by atoms with Crippen LogP contribution in [0.5, 0.6) is 5.75 Å². The summed E-state index contributed by atoms with van der Waals surface area (Å²) < 4.78 is 0. The molecule has 0 saturated heterocycles. The normalized spacial score (nSPS) is 12.4. The second-order valence-corrected chi connectivity index (χ2v) is 4.86. The van der Waals surface area contributed by atoms with E-state index in [0.29, 0.717) is 5.75 Å². The summed E-state index contributed by atoms with van der Waals surface area (Å²) in [6.07, 6.45) is 7.39. The molecule has 0 spiro atoms. The van der Waals surface area contributed by atoms with Crippen LogP contribution in [-0.2, 0) is 0 Å². The fourth-order valence-corrected chi connectivity index (χ4v) is 2.18. The molecule has 1 N–H and O–H groups in total. The summed E-state index contributed by atoms with van der Waals surface area (Å²) >= 11 is 0. The first-order valence-corrected chi connectivity index (χ1v) is 6.63. The van der Waals surface area contributed by atoms with Gasteiger partial charge < -0.3 is 5.11 Å². The fraction of sp³-hybridized carbons (Fsp3) is 0.333. The first-order chi connectivity index (χ1) is 7.97. The molecule has 0 radical (unpaired) electrons. The van der Waals surface area contributed by atoms with Crippen LogP contribution in [0.15, 0.2) is 23.8 Å². The van der Waals surface area contributed by atoms with Crippen LogP contribution in [0.25, 0.3) is 6.08 Å². The van der Waals surface area contributed by atoms with Crippen LogP contribution in [0.1, 0.15) is 29.2 Å². The van der Waals surface area contributed by atoms with E-state index in [1.165, 1.54) is 11.1 Å². The molecule has 0 aliphatic heterocycles. The highest BCUT2D eigenvalue weighted by atomic mass is 31.0. The Bertz CT molecular complexity index is 470. The van der Waals surface area contributed by atoms with Crippen molar-refractivity contribution < 1.29 is 5.11 Å². The third-order valence-corrected chi connectivity index (χ3v) is 3.32. The molecule has 1 rings (SSSR count). The highest BCUT2D eigenvalue weighted by molar-refractivity contribution is 7.16. The lowest BCUT2D eigenvalue weighted by Gasteiger charge is -2.10. The third-order valence-electron chi connectivity index (χ3n) is 3.08. The Morgan fingerprint density at radius 2 is 1.94 bits per heavy atom. The molecule has 17 heavy (non-hydrogen) atoms. The average Bonchev–Trinajstić information content (AvgIpc) is 2.26. The summed E-state index contributed by atoms with van der Waals surface area (Å²) in [6, 6.07) is 1.83. The SMILES string of the molecule is CC(/C=C/c1c(C)cc(O)c(C)c1C)=C\CP. The van der Waals surface area contributed by atoms with Gasteiger partial charge in [0.05, 0.1) is 0 Å². The van der Waals surface area contributed by atoms with E-state index in [1.807, 2.05) is 19.9 Å². The zero-order valence-electron chi connectivity index (χ0n) is 11.0. The molecule has 1 atom stereocenters. The van der Waals surface area contributed by atoms with Gasteiger partial charge in [-0.2, -0.15) is 0 Å². The van der Waals surface area contributed by atoms with Gasteiger partial charge in [-0.1, -0.05) is 23.8 Å². The molecule has 0 saturated carbocycles. The number of hydrogen-bond donors (Lipinski definition) is 1. The molecular formula is C15H21OP. The van der Waals surface area contributed by atoms with Gasteiger partial charge in [-0.05, 0) is 62.2 Å². The van der Waals surface area contributed by atoms with Gasteiger partial charge >= 0.3 is 0 Å². The second kappa shape index (κ2) is 6.02. The summed E-state index contributed by atoms with van der Waals surface area (Å²) in [4.78, 5) is 0.